The van der Waals surface area contributed by atoms with Crippen LogP contribution in [-0.2, 0) is 53.1 Å². The monoisotopic (exact) mass is 1210 g/mol. The van der Waals surface area contributed by atoms with Gasteiger partial charge in [-0.2, -0.15) is 14.7 Å². The van der Waals surface area contributed by atoms with Crippen molar-refractivity contribution in [3.63, 3.8) is 0 Å². The first kappa shape index (κ1) is 72.3. The average molecular weight is 1210 g/mol. The van der Waals surface area contributed by atoms with Crippen LogP contribution < -0.4 is 37.9 Å². The molecule has 0 heterocycles. The lowest BCUT2D eigenvalue weighted by molar-refractivity contribution is -0.261. The number of hydrogen-bond donors (Lipinski definition) is 0. The summed E-state index contributed by atoms with van der Waals surface area (Å²) in [5.74, 6) is 2.27. The molecule has 3 aromatic rings. The van der Waals surface area contributed by atoms with E-state index in [-0.39, 0.29) is 24.7 Å². The van der Waals surface area contributed by atoms with Gasteiger partial charge in [-0.1, -0.05) is 69.2 Å². The van der Waals surface area contributed by atoms with E-state index in [0.29, 0.717) is 187 Å². The summed E-state index contributed by atoms with van der Waals surface area (Å²) in [5, 5.41) is 0. The molecule has 0 atom stereocenters. The van der Waals surface area contributed by atoms with Gasteiger partial charge in [0.25, 0.3) is 0 Å². The number of benzene rings is 3. The molecular formula is C68H86O19. The van der Waals surface area contributed by atoms with Crippen LogP contribution in [0.2, 0.25) is 0 Å². The van der Waals surface area contributed by atoms with E-state index in [1.165, 1.54) is 61.5 Å². The summed E-state index contributed by atoms with van der Waals surface area (Å²) in [6.45, 7) is 29.2. The molecule has 19 nitrogen and oxygen atoms in total. The fourth-order valence-electron chi connectivity index (χ4n) is 6.96. The Labute approximate surface area is 513 Å². The second kappa shape index (κ2) is 48.3. The van der Waals surface area contributed by atoms with Crippen LogP contribution in [0.5, 0.6) is 46.0 Å². The number of rotatable bonds is 53. The van der Waals surface area contributed by atoms with Gasteiger partial charge in [-0.25, -0.2) is 9.59 Å². The zero-order chi connectivity index (χ0) is 62.6. The van der Waals surface area contributed by atoms with E-state index in [2.05, 4.69) is 50.9 Å². The maximum atomic E-state index is 13.4. The van der Waals surface area contributed by atoms with Crippen molar-refractivity contribution in [2.75, 3.05) is 79.3 Å². The average Bonchev–Trinajstić information content (AvgIpc) is 3.73. The fraction of sp³-hybridized carbons (Fsp3) is 0.382. The van der Waals surface area contributed by atoms with Crippen molar-refractivity contribution in [1.29, 1.82) is 0 Å². The van der Waals surface area contributed by atoms with Crippen LogP contribution in [0.25, 0.3) is 12.2 Å². The SMILES string of the molecule is C=C=C(C)OOCCCCOc1c(/C=C/C(=O)Oc2ccc(OC(=O)/C=C/c3ccc(OCCCCOO/C=C/C=C/C=C)c(OCCCCOOC(C)=C=C)c3OCCCCOC=C)cc2)ccc(OCCCCOC=C)c1OCCCCOC=C. The Morgan fingerprint density at radius 1 is 0.414 bits per heavy atom. The third kappa shape index (κ3) is 33.4. The third-order valence-corrected chi connectivity index (χ3v) is 11.4. The minimum atomic E-state index is -0.687. The van der Waals surface area contributed by atoms with E-state index < -0.39 is 11.9 Å². The molecule has 19 heteroatoms. The van der Waals surface area contributed by atoms with Gasteiger partial charge in [0.15, 0.2) is 34.5 Å². The normalized spacial score (nSPS) is 10.8. The first-order valence-electron chi connectivity index (χ1n) is 28.9. The number of ether oxygens (including phenoxy) is 11. The summed E-state index contributed by atoms with van der Waals surface area (Å²) >= 11 is 0. The minimum Gasteiger partial charge on any atom is -0.502 e. The highest BCUT2D eigenvalue weighted by Crippen LogP contribution is 2.43. The summed E-state index contributed by atoms with van der Waals surface area (Å²) in [6, 6.07) is 13.1. The second-order valence-electron chi connectivity index (χ2n) is 18.2. The predicted octanol–water partition coefficient (Wildman–Crippen LogP) is 14.8. The number of unbranched alkanes of at least 4 members (excludes halogenated alkanes) is 6. The molecule has 0 amide bonds. The summed E-state index contributed by atoms with van der Waals surface area (Å²) in [4.78, 5) is 57.7. The van der Waals surface area contributed by atoms with E-state index in [0.717, 1.165) is 12.8 Å². The van der Waals surface area contributed by atoms with Gasteiger partial charge in [0.05, 0.1) is 98.1 Å². The van der Waals surface area contributed by atoms with Gasteiger partial charge < -0.3 is 66.8 Å². The van der Waals surface area contributed by atoms with E-state index in [1.807, 2.05) is 0 Å². The maximum absolute atomic E-state index is 13.4. The molecule has 3 aromatic carbocycles. The molecule has 0 radical (unpaired) electrons. The summed E-state index contributed by atoms with van der Waals surface area (Å²) in [6.07, 6.45) is 26.1. The molecular weight excluding hydrogens is 1120 g/mol. The molecule has 0 aliphatic heterocycles. The Bertz CT molecular complexity index is 2710. The van der Waals surface area contributed by atoms with Gasteiger partial charge in [0.1, 0.15) is 17.8 Å². The van der Waals surface area contributed by atoms with Gasteiger partial charge in [0, 0.05) is 37.1 Å². The summed E-state index contributed by atoms with van der Waals surface area (Å²) < 4.78 is 65.1. The Hall–Kier alpha value is -8.96. The number of hydrogen-bond acceptors (Lipinski definition) is 19. The number of esters is 2. The van der Waals surface area contributed by atoms with Crippen molar-refractivity contribution >= 4 is 24.1 Å². The largest absolute Gasteiger partial charge is 0.502 e. The zero-order valence-corrected chi connectivity index (χ0v) is 50.5. The number of carbonyl (C=O) groups is 2. The van der Waals surface area contributed by atoms with E-state index in [4.69, 9.17) is 81.4 Å². The van der Waals surface area contributed by atoms with Gasteiger partial charge in [-0.3, -0.25) is 0 Å². The number of carbonyl (C=O) groups excluding carboxylic acids is 2. The van der Waals surface area contributed by atoms with Crippen LogP contribution in [0.3, 0.4) is 0 Å². The lowest BCUT2D eigenvalue weighted by atomic mass is 10.1. The lowest BCUT2D eigenvalue weighted by Gasteiger charge is -2.19. The Morgan fingerprint density at radius 3 is 1.15 bits per heavy atom. The van der Waals surface area contributed by atoms with Crippen LogP contribution >= 0.6 is 0 Å². The molecule has 0 aromatic heterocycles. The first-order valence-corrected chi connectivity index (χ1v) is 28.9. The molecule has 87 heavy (non-hydrogen) atoms. The molecule has 0 N–H and O–H groups in total. The van der Waals surface area contributed by atoms with Crippen LogP contribution in [0, 0.1) is 0 Å². The highest BCUT2D eigenvalue weighted by Gasteiger charge is 2.20. The van der Waals surface area contributed by atoms with Crippen molar-refractivity contribution in [2.45, 2.75) is 90.9 Å². The summed E-state index contributed by atoms with van der Waals surface area (Å²) in [7, 11) is 0. The molecule has 0 saturated heterocycles. The highest BCUT2D eigenvalue weighted by molar-refractivity contribution is 5.90. The molecule has 0 bridgehead atoms. The standard InChI is InChI=1S/C68H86O19/c1-9-15-16-17-51-80-81-52-27-24-46-75-62-39-31-57(65(76-47-22-19-43-72-13-5)68(62)79-50-26-29-54-83-87-56(8)11-3)32-40-63(69)84-59-34-36-60(37-35-59)85-64(70)41-33-58-30-38-61(74-45-21-18-42-71-12-4)67(78-49-23-20-44-73-14-6)66(58)77-48-25-28-53-82-86-55(7)10-2/h9,12-17,30-41,51H,1-6,18-29,42-50,52-54H2,7-8H3/b16-15+,40-32+,41-33+,51-17+. The van der Waals surface area contributed by atoms with Crippen molar-refractivity contribution in [3.05, 3.63) is 184 Å². The molecule has 0 aliphatic rings. The van der Waals surface area contributed by atoms with Crippen LogP contribution in [0.15, 0.2) is 172 Å². The third-order valence-electron chi connectivity index (χ3n) is 11.4. The highest BCUT2D eigenvalue weighted by atomic mass is 17.2. The van der Waals surface area contributed by atoms with Crippen molar-refractivity contribution < 1.29 is 91.0 Å². The van der Waals surface area contributed by atoms with Crippen LogP contribution in [-0.4, -0.2) is 91.2 Å². The zero-order valence-electron chi connectivity index (χ0n) is 50.5. The molecule has 0 spiro atoms. The van der Waals surface area contributed by atoms with Gasteiger partial charge in [-0.15, -0.1) is 0 Å². The Morgan fingerprint density at radius 2 is 0.770 bits per heavy atom. The Kier molecular flexibility index (Phi) is 40.1. The van der Waals surface area contributed by atoms with Gasteiger partial charge >= 0.3 is 11.9 Å². The van der Waals surface area contributed by atoms with Crippen molar-refractivity contribution in [3.8, 4) is 46.0 Å². The maximum Gasteiger partial charge on any atom is 0.336 e. The van der Waals surface area contributed by atoms with E-state index in [9.17, 15) is 9.59 Å². The fourth-order valence-corrected chi connectivity index (χ4v) is 6.96. The van der Waals surface area contributed by atoms with Gasteiger partial charge in [0.2, 0.25) is 11.5 Å². The van der Waals surface area contributed by atoms with Crippen LogP contribution in [0.1, 0.15) is 102 Å². The topological polar surface area (TPSA) is 191 Å². The summed E-state index contributed by atoms with van der Waals surface area (Å²) in [5.41, 5.74) is 6.29. The van der Waals surface area contributed by atoms with Crippen molar-refractivity contribution in [1.82, 2.24) is 0 Å². The first-order chi connectivity index (χ1) is 42.7. The molecule has 0 aliphatic carbocycles. The van der Waals surface area contributed by atoms with E-state index >= 15 is 0 Å². The second-order valence-corrected chi connectivity index (χ2v) is 18.2. The van der Waals surface area contributed by atoms with Crippen molar-refractivity contribution in [2.24, 2.45) is 0 Å². The molecule has 472 valence electrons. The molecule has 0 unspecified atom stereocenters. The molecule has 0 fully saturated rings. The van der Waals surface area contributed by atoms with E-state index in [1.54, 1.807) is 74.6 Å². The number of allylic oxidation sites excluding steroid dienone is 6. The predicted molar refractivity (Wildman–Crippen MR) is 332 cm³/mol. The minimum absolute atomic E-state index is 0.197. The quantitative estimate of drug-likeness (QED) is 0.00596. The van der Waals surface area contributed by atoms with Crippen LogP contribution in [0.4, 0.5) is 0 Å². The molecule has 3 rings (SSSR count). The lowest BCUT2D eigenvalue weighted by Crippen LogP contribution is -2.09. The van der Waals surface area contributed by atoms with Gasteiger partial charge in [-0.05, 0) is 144 Å². The Balaban J connectivity index is 1.81. The molecule has 0 saturated carbocycles. The smallest absolute Gasteiger partial charge is 0.336 e.